The van der Waals surface area contributed by atoms with Crippen LogP contribution in [0.2, 0.25) is 0 Å². The quantitative estimate of drug-likeness (QED) is 0.620. The van der Waals surface area contributed by atoms with E-state index in [4.69, 9.17) is 22.0 Å². The molecule has 0 rings (SSSR count). The number of unbranched alkanes of at least 4 members (excludes halogenated alkanes) is 6. The third kappa shape index (κ3) is 23.1. The normalized spacial score (nSPS) is 8.50. The Balaban J connectivity index is -0.000000218. The van der Waals surface area contributed by atoms with E-state index in [1.54, 1.807) is 0 Å². The van der Waals surface area contributed by atoms with Crippen LogP contribution in [0.15, 0.2) is 0 Å². The van der Waals surface area contributed by atoms with Crippen LogP contribution in [-0.2, 0) is 0 Å². The maximum atomic E-state index is 8.03. The highest BCUT2D eigenvalue weighted by atomic mass is 14.5. The first-order chi connectivity index (χ1) is 7.83. The Morgan fingerprint density at radius 2 is 1.06 bits per heavy atom. The van der Waals surface area contributed by atoms with Crippen LogP contribution in [-0.4, -0.2) is 13.1 Å². The third-order valence-corrected chi connectivity index (χ3v) is 1.99. The number of rotatable bonds is 8. The van der Waals surface area contributed by atoms with E-state index < -0.39 is 0 Å². The van der Waals surface area contributed by atoms with Gasteiger partial charge in [0.2, 0.25) is 0 Å². The molecule has 0 radical (unpaired) electrons. The van der Waals surface area contributed by atoms with E-state index >= 15 is 0 Å². The van der Waals surface area contributed by atoms with Crippen molar-refractivity contribution in [1.82, 2.24) is 0 Å². The maximum absolute atomic E-state index is 8.03. The molecule has 0 aliphatic rings. The van der Waals surface area contributed by atoms with Crippen LogP contribution in [0.1, 0.15) is 52.8 Å². The van der Waals surface area contributed by atoms with Crippen molar-refractivity contribution >= 4 is 0 Å². The SMILES string of the molecule is N#CCCCCC#N.NCCCCCCN.[HH]. The standard InChI is InChI=1S/C6H16N2.C6H8N2.H2/c2*7-5-3-1-2-4-6-8;/h1-8H2;1-4H2;1H. The van der Waals surface area contributed by atoms with Crippen LogP contribution in [0.3, 0.4) is 0 Å². The highest BCUT2D eigenvalue weighted by molar-refractivity contribution is 4.72. The fourth-order valence-electron chi connectivity index (χ4n) is 1.05. The minimum absolute atomic E-state index is 0. The lowest BCUT2D eigenvalue weighted by atomic mass is 10.2. The molecule has 0 saturated carbocycles. The van der Waals surface area contributed by atoms with Gasteiger partial charge in [0, 0.05) is 14.3 Å². The summed E-state index contributed by atoms with van der Waals surface area (Å²) in [7, 11) is 0. The van der Waals surface area contributed by atoms with Crippen LogP contribution >= 0.6 is 0 Å². The summed E-state index contributed by atoms with van der Waals surface area (Å²) in [5, 5.41) is 16.1. The number of nitrogens with two attached hydrogens (primary N) is 2. The monoisotopic (exact) mass is 226 g/mol. The Morgan fingerprint density at radius 1 is 0.688 bits per heavy atom. The van der Waals surface area contributed by atoms with Crippen molar-refractivity contribution < 1.29 is 1.43 Å². The van der Waals surface area contributed by atoms with E-state index in [1.165, 1.54) is 12.8 Å². The summed E-state index contributed by atoms with van der Waals surface area (Å²) in [4.78, 5) is 0. The number of hydrogen-bond donors (Lipinski definition) is 2. The molecular formula is C12H26N4. The second-order valence-electron chi connectivity index (χ2n) is 3.51. The Morgan fingerprint density at radius 3 is 1.31 bits per heavy atom. The predicted molar refractivity (Wildman–Crippen MR) is 68.4 cm³/mol. The molecule has 0 unspecified atom stereocenters. The lowest BCUT2D eigenvalue weighted by molar-refractivity contribution is 0.653. The second-order valence-corrected chi connectivity index (χ2v) is 3.51. The molecule has 0 aromatic carbocycles. The van der Waals surface area contributed by atoms with Gasteiger partial charge < -0.3 is 11.5 Å². The summed E-state index contributed by atoms with van der Waals surface area (Å²) in [5.74, 6) is 0. The molecule has 0 amide bonds. The fraction of sp³-hybridized carbons (Fsp3) is 0.833. The van der Waals surface area contributed by atoms with Gasteiger partial charge in [0.25, 0.3) is 0 Å². The molecule has 4 nitrogen and oxygen atoms in total. The fourth-order valence-corrected chi connectivity index (χ4v) is 1.05. The van der Waals surface area contributed by atoms with Crippen LogP contribution in [0.5, 0.6) is 0 Å². The van der Waals surface area contributed by atoms with Crippen molar-refractivity contribution in [2.75, 3.05) is 13.1 Å². The van der Waals surface area contributed by atoms with E-state index in [0.29, 0.717) is 12.8 Å². The molecule has 0 aliphatic carbocycles. The lowest BCUT2D eigenvalue weighted by Gasteiger charge is -1.94. The Labute approximate surface area is 101 Å². The van der Waals surface area contributed by atoms with E-state index in [-0.39, 0.29) is 1.43 Å². The molecule has 0 aromatic rings. The van der Waals surface area contributed by atoms with E-state index in [9.17, 15) is 0 Å². The van der Waals surface area contributed by atoms with Gasteiger partial charge in [-0.1, -0.05) is 12.8 Å². The maximum Gasteiger partial charge on any atom is 0.0621 e. The summed E-state index contributed by atoms with van der Waals surface area (Å²) in [6.07, 6.45) is 7.69. The predicted octanol–water partition coefficient (Wildman–Crippen LogP) is 2.30. The van der Waals surface area contributed by atoms with Crippen molar-refractivity contribution in [3.8, 4) is 12.1 Å². The molecule has 16 heavy (non-hydrogen) atoms. The topological polar surface area (TPSA) is 99.6 Å². The minimum atomic E-state index is 0. The molecular weight excluding hydrogens is 200 g/mol. The zero-order valence-electron chi connectivity index (χ0n) is 10.1. The van der Waals surface area contributed by atoms with Crippen LogP contribution in [0.25, 0.3) is 0 Å². The summed E-state index contributed by atoms with van der Waals surface area (Å²) < 4.78 is 0. The van der Waals surface area contributed by atoms with Gasteiger partial charge in [-0.25, -0.2) is 0 Å². The van der Waals surface area contributed by atoms with E-state index in [0.717, 1.165) is 38.8 Å². The van der Waals surface area contributed by atoms with Gasteiger partial charge in [-0.2, -0.15) is 10.5 Å². The van der Waals surface area contributed by atoms with E-state index in [1.807, 2.05) is 12.1 Å². The van der Waals surface area contributed by atoms with E-state index in [2.05, 4.69) is 0 Å². The van der Waals surface area contributed by atoms with Crippen molar-refractivity contribution in [1.29, 1.82) is 10.5 Å². The largest absolute Gasteiger partial charge is 0.330 e. The first-order valence-electron chi connectivity index (χ1n) is 5.97. The molecule has 4 heteroatoms. The average Bonchev–Trinajstić information content (AvgIpc) is 2.31. The zero-order chi connectivity index (χ0) is 12.5. The number of hydrogen-bond acceptors (Lipinski definition) is 4. The lowest BCUT2D eigenvalue weighted by Crippen LogP contribution is -2.00. The van der Waals surface area contributed by atoms with Gasteiger partial charge >= 0.3 is 0 Å². The number of nitriles is 2. The molecule has 94 valence electrons. The molecule has 0 atom stereocenters. The van der Waals surface area contributed by atoms with Gasteiger partial charge in [-0.3, -0.25) is 0 Å². The summed E-state index contributed by atoms with van der Waals surface area (Å²) in [6, 6.07) is 4.03. The molecule has 0 aliphatic heterocycles. The van der Waals surface area contributed by atoms with Crippen LogP contribution in [0, 0.1) is 22.7 Å². The average molecular weight is 226 g/mol. The highest BCUT2D eigenvalue weighted by Gasteiger charge is 1.84. The molecule has 4 N–H and O–H groups in total. The molecule has 0 fully saturated rings. The highest BCUT2D eigenvalue weighted by Crippen LogP contribution is 1.96. The summed E-state index contributed by atoms with van der Waals surface area (Å²) in [5.41, 5.74) is 10.6. The minimum Gasteiger partial charge on any atom is -0.330 e. The Kier molecular flexibility index (Phi) is 21.1. The first-order valence-corrected chi connectivity index (χ1v) is 5.97. The summed E-state index contributed by atoms with van der Waals surface area (Å²) in [6.45, 7) is 1.65. The molecule has 0 saturated heterocycles. The Bertz CT molecular complexity index is 174. The van der Waals surface area contributed by atoms with Crippen molar-refractivity contribution in [2.24, 2.45) is 11.5 Å². The summed E-state index contributed by atoms with van der Waals surface area (Å²) >= 11 is 0. The molecule has 0 aromatic heterocycles. The zero-order valence-corrected chi connectivity index (χ0v) is 10.1. The first kappa shape index (κ1) is 17.3. The number of nitrogens with zero attached hydrogens (tertiary/aromatic N) is 2. The van der Waals surface area contributed by atoms with Crippen molar-refractivity contribution in [2.45, 2.75) is 51.4 Å². The van der Waals surface area contributed by atoms with Gasteiger partial charge in [0.1, 0.15) is 0 Å². The van der Waals surface area contributed by atoms with Crippen LogP contribution in [0.4, 0.5) is 0 Å². The molecule has 0 heterocycles. The van der Waals surface area contributed by atoms with Gasteiger partial charge in [-0.15, -0.1) is 0 Å². The van der Waals surface area contributed by atoms with Gasteiger partial charge in [0.15, 0.2) is 0 Å². The van der Waals surface area contributed by atoms with Gasteiger partial charge in [0.05, 0.1) is 12.1 Å². The smallest absolute Gasteiger partial charge is 0.0621 e. The third-order valence-electron chi connectivity index (χ3n) is 1.99. The van der Waals surface area contributed by atoms with Crippen molar-refractivity contribution in [3.05, 3.63) is 0 Å². The van der Waals surface area contributed by atoms with Gasteiger partial charge in [-0.05, 0) is 38.8 Å². The molecule has 0 spiro atoms. The second kappa shape index (κ2) is 19.5. The van der Waals surface area contributed by atoms with Crippen LogP contribution < -0.4 is 11.5 Å². The van der Waals surface area contributed by atoms with Crippen molar-refractivity contribution in [3.63, 3.8) is 0 Å². The Hall–Kier alpha value is -1.10. The molecule has 0 bridgehead atoms.